The molecule has 0 fully saturated rings. The molecule has 9 heteroatoms. The number of nitrogens with zero attached hydrogens (tertiary/aromatic N) is 6. The van der Waals surface area contributed by atoms with E-state index in [1.807, 2.05) is 24.3 Å². The maximum Gasteiger partial charge on any atom is 0.350 e. The molecule has 0 bridgehead atoms. The Morgan fingerprint density at radius 2 is 1.42 bits per heavy atom. The standard InChI is InChI=1S/C24H14N6S3/c1-23(2)11-7-15(29-13(9-25)27-5)32-20(11)17-18(23)22-19(24(17,3)4)21-12(31-22)8-16(33-21)30-14(10-26)28-6/h7-8H,1-4H3. The molecule has 5 rings (SSSR count). The van der Waals surface area contributed by atoms with Crippen molar-refractivity contribution in [2.75, 3.05) is 0 Å². The maximum absolute atomic E-state index is 9.11. The Labute approximate surface area is 202 Å². The average Bonchev–Trinajstić information content (AvgIpc) is 3.51. The first kappa shape index (κ1) is 21.3. The predicted molar refractivity (Wildman–Crippen MR) is 136 cm³/mol. The maximum atomic E-state index is 9.11. The fourth-order valence-electron chi connectivity index (χ4n) is 4.80. The first-order valence-electron chi connectivity index (χ1n) is 9.87. The molecule has 0 radical (unpaired) electrons. The van der Waals surface area contributed by atoms with Gasteiger partial charge >= 0.3 is 11.7 Å². The second-order valence-corrected chi connectivity index (χ2v) is 11.8. The number of amidine groups is 2. The summed E-state index contributed by atoms with van der Waals surface area (Å²) >= 11 is 4.81. The van der Waals surface area contributed by atoms with Gasteiger partial charge in [0.2, 0.25) is 10.0 Å². The van der Waals surface area contributed by atoms with Crippen LogP contribution in [0.2, 0.25) is 0 Å². The van der Waals surface area contributed by atoms with Crippen molar-refractivity contribution in [3.8, 4) is 12.1 Å². The lowest BCUT2D eigenvalue weighted by atomic mass is 9.81. The van der Waals surface area contributed by atoms with Crippen LogP contribution in [0.25, 0.3) is 30.2 Å². The van der Waals surface area contributed by atoms with Gasteiger partial charge in [0.15, 0.2) is 0 Å². The van der Waals surface area contributed by atoms with Crippen LogP contribution in [0.3, 0.4) is 0 Å². The Kier molecular flexibility index (Phi) is 4.47. The zero-order valence-corrected chi connectivity index (χ0v) is 20.5. The van der Waals surface area contributed by atoms with Gasteiger partial charge in [0.25, 0.3) is 0 Å². The summed E-state index contributed by atoms with van der Waals surface area (Å²) in [7, 11) is 0. The van der Waals surface area contributed by atoms with Crippen molar-refractivity contribution in [2.45, 2.75) is 38.5 Å². The summed E-state index contributed by atoms with van der Waals surface area (Å²) in [5, 5.41) is 19.5. The van der Waals surface area contributed by atoms with Gasteiger partial charge in [-0.2, -0.15) is 0 Å². The third kappa shape index (κ3) is 2.78. The lowest BCUT2D eigenvalue weighted by Crippen LogP contribution is -2.16. The highest BCUT2D eigenvalue weighted by atomic mass is 32.1. The monoisotopic (exact) mass is 482 g/mol. The fraction of sp³-hybridized carbons (Fsp3) is 0.250. The van der Waals surface area contributed by atoms with Gasteiger partial charge in [0.05, 0.1) is 9.40 Å². The summed E-state index contributed by atoms with van der Waals surface area (Å²) in [6, 6.07) is 7.67. The molecule has 33 heavy (non-hydrogen) atoms. The zero-order valence-electron chi connectivity index (χ0n) is 18.1. The Balaban J connectivity index is 1.69. The van der Waals surface area contributed by atoms with Crippen LogP contribution in [-0.2, 0) is 10.8 Å². The summed E-state index contributed by atoms with van der Waals surface area (Å²) in [6.07, 6.45) is 0. The van der Waals surface area contributed by atoms with Gasteiger partial charge in [-0.1, -0.05) is 73.5 Å². The molecule has 0 atom stereocenters. The molecule has 0 unspecified atom stereocenters. The zero-order chi connectivity index (χ0) is 23.7. The van der Waals surface area contributed by atoms with Gasteiger partial charge in [0.1, 0.15) is 12.1 Å². The van der Waals surface area contributed by atoms with Crippen molar-refractivity contribution < 1.29 is 0 Å². The fourth-order valence-corrected chi connectivity index (χ4v) is 9.23. The summed E-state index contributed by atoms with van der Waals surface area (Å²) in [5.74, 6) is -0.315. The van der Waals surface area contributed by atoms with Crippen molar-refractivity contribution in [3.63, 3.8) is 0 Å². The minimum atomic E-state index is -0.251. The smallest absolute Gasteiger partial charge is 0.350 e. The molecular formula is C24H14N6S3. The van der Waals surface area contributed by atoms with Gasteiger partial charge in [0, 0.05) is 32.7 Å². The van der Waals surface area contributed by atoms with E-state index in [1.165, 1.54) is 54.7 Å². The molecule has 0 aromatic carbocycles. The van der Waals surface area contributed by atoms with Crippen LogP contribution in [0, 0.1) is 35.8 Å². The third-order valence-electron chi connectivity index (χ3n) is 6.17. The molecule has 6 nitrogen and oxygen atoms in total. The second-order valence-electron chi connectivity index (χ2n) is 8.73. The summed E-state index contributed by atoms with van der Waals surface area (Å²) in [4.78, 5) is 17.3. The van der Waals surface area contributed by atoms with Crippen LogP contribution in [-0.4, -0.2) is 11.7 Å². The van der Waals surface area contributed by atoms with Crippen molar-refractivity contribution in [2.24, 2.45) is 9.98 Å². The van der Waals surface area contributed by atoms with Crippen LogP contribution in [0.4, 0.5) is 10.0 Å². The second kappa shape index (κ2) is 6.95. The average molecular weight is 483 g/mol. The molecule has 0 amide bonds. The summed E-state index contributed by atoms with van der Waals surface area (Å²) < 4.78 is 2.28. The molecule has 2 aliphatic carbocycles. The number of nitriles is 2. The third-order valence-corrected chi connectivity index (χ3v) is 9.54. The molecule has 3 aromatic rings. The first-order valence-corrected chi connectivity index (χ1v) is 12.3. The Hall–Kier alpha value is -3.60. The molecular weight excluding hydrogens is 469 g/mol. The molecule has 3 heterocycles. The Morgan fingerprint density at radius 3 is 2.00 bits per heavy atom. The van der Waals surface area contributed by atoms with Gasteiger partial charge in [-0.05, 0) is 22.3 Å². The van der Waals surface area contributed by atoms with E-state index in [0.29, 0.717) is 10.0 Å². The van der Waals surface area contributed by atoms with Crippen LogP contribution in [0.5, 0.6) is 0 Å². The number of allylic oxidation sites excluding steroid dienone is 2. The number of hydrogen-bond donors (Lipinski definition) is 0. The lowest BCUT2D eigenvalue weighted by molar-refractivity contribution is 0.706. The van der Waals surface area contributed by atoms with Gasteiger partial charge in [-0.15, -0.1) is 11.3 Å². The summed E-state index contributed by atoms with van der Waals surface area (Å²) in [5.41, 5.74) is 4.61. The molecule has 0 saturated heterocycles. The van der Waals surface area contributed by atoms with Crippen LogP contribution >= 0.6 is 34.0 Å². The molecule has 158 valence electrons. The van der Waals surface area contributed by atoms with Crippen LogP contribution < -0.4 is 0 Å². The van der Waals surface area contributed by atoms with E-state index < -0.39 is 0 Å². The highest BCUT2D eigenvalue weighted by molar-refractivity contribution is 7.30. The van der Waals surface area contributed by atoms with E-state index in [1.54, 1.807) is 11.3 Å². The number of aliphatic imine (C=N–C) groups is 2. The van der Waals surface area contributed by atoms with E-state index in [9.17, 15) is 0 Å². The number of rotatable bonds is 2. The first-order chi connectivity index (χ1) is 15.7. The quantitative estimate of drug-likeness (QED) is 0.216. The van der Waals surface area contributed by atoms with Crippen molar-refractivity contribution >= 4 is 76.2 Å². The molecule has 3 aromatic heterocycles. The van der Waals surface area contributed by atoms with Crippen LogP contribution in [0.1, 0.15) is 48.6 Å². The predicted octanol–water partition coefficient (Wildman–Crippen LogP) is 7.46. The lowest BCUT2D eigenvalue weighted by Gasteiger charge is -2.23. The van der Waals surface area contributed by atoms with E-state index in [-0.39, 0.29) is 22.5 Å². The largest absolute Gasteiger partial charge is 0.351 e. The Morgan fingerprint density at radius 1 is 0.848 bits per heavy atom. The van der Waals surface area contributed by atoms with E-state index in [0.717, 1.165) is 9.40 Å². The van der Waals surface area contributed by atoms with Gasteiger partial charge in [-0.3, -0.25) is 0 Å². The molecule has 0 saturated carbocycles. The number of fused-ring (bicyclic) bond motifs is 6. The van der Waals surface area contributed by atoms with E-state index in [2.05, 4.69) is 47.4 Å². The van der Waals surface area contributed by atoms with Gasteiger partial charge < -0.3 is 9.69 Å². The number of hydrogen-bond acceptors (Lipinski definition) is 7. The van der Waals surface area contributed by atoms with Crippen molar-refractivity contribution in [1.82, 2.24) is 0 Å². The summed E-state index contributed by atoms with van der Waals surface area (Å²) in [6.45, 7) is 23.1. The van der Waals surface area contributed by atoms with E-state index in [4.69, 9.17) is 23.7 Å². The highest BCUT2D eigenvalue weighted by Crippen LogP contribution is 2.68. The topological polar surface area (TPSA) is 81.0 Å². The molecule has 0 N–H and O–H groups in total. The van der Waals surface area contributed by atoms with Crippen molar-refractivity contribution in [1.29, 1.82) is 10.5 Å². The molecule has 0 aliphatic heterocycles. The molecule has 2 aliphatic rings. The van der Waals surface area contributed by atoms with Gasteiger partial charge in [-0.25, -0.2) is 10.5 Å². The minimum Gasteiger partial charge on any atom is -0.351 e. The molecule has 0 spiro atoms. The van der Waals surface area contributed by atoms with Crippen LogP contribution in [0.15, 0.2) is 22.1 Å². The minimum absolute atomic E-state index is 0.156. The highest BCUT2D eigenvalue weighted by Gasteiger charge is 2.53. The van der Waals surface area contributed by atoms with E-state index >= 15 is 0 Å². The van der Waals surface area contributed by atoms with Crippen molar-refractivity contribution in [3.05, 3.63) is 55.8 Å². The SMILES string of the molecule is [C-]#[N+]C(C#N)=Nc1cc2c(s1)C1=C(c3sc4cc(N=C(C#N)[N+]#[C-])sc4c3C1(C)C)C2(C)C. The number of thiophene rings is 3. The normalized spacial score (nSPS) is 17.7. The Bertz CT molecular complexity index is 1620.